The van der Waals surface area contributed by atoms with Gasteiger partial charge < -0.3 is 15.3 Å². The molecule has 2 aromatic rings. The van der Waals surface area contributed by atoms with Gasteiger partial charge in [0.2, 0.25) is 0 Å². The number of nitrogens with one attached hydrogen (secondary N) is 1. The third-order valence-corrected chi connectivity index (χ3v) is 3.39. The summed E-state index contributed by atoms with van der Waals surface area (Å²) >= 11 is 0. The summed E-state index contributed by atoms with van der Waals surface area (Å²) in [6.07, 6.45) is 0. The minimum absolute atomic E-state index is 0.319. The summed E-state index contributed by atoms with van der Waals surface area (Å²) in [7, 11) is 3.68. The second-order valence-corrected chi connectivity index (χ2v) is 5.27. The maximum absolute atomic E-state index is 11.4. The van der Waals surface area contributed by atoms with Crippen molar-refractivity contribution in [2.45, 2.75) is 0 Å². The van der Waals surface area contributed by atoms with E-state index in [0.717, 1.165) is 17.8 Å². The summed E-state index contributed by atoms with van der Waals surface area (Å²) in [5.41, 5.74) is -0.952. The van der Waals surface area contributed by atoms with Crippen molar-refractivity contribution >= 4 is 34.4 Å². The lowest BCUT2D eigenvalue weighted by Crippen LogP contribution is -2.09. The fraction of sp³-hybridized carbons (Fsp3) is 0.133. The average molecular weight is 346 g/mol. The van der Waals surface area contributed by atoms with Crippen LogP contribution in [0.15, 0.2) is 36.4 Å². The first-order valence-corrected chi connectivity index (χ1v) is 6.95. The number of carboxylic acid groups (broad SMARTS) is 1. The van der Waals surface area contributed by atoms with E-state index in [1.165, 1.54) is 0 Å². The number of hydrogen-bond donors (Lipinski definition) is 2. The molecule has 25 heavy (non-hydrogen) atoms. The Balaban J connectivity index is 2.56. The predicted octanol–water partition coefficient (Wildman–Crippen LogP) is 3.01. The topological polar surface area (TPSA) is 139 Å². The van der Waals surface area contributed by atoms with Gasteiger partial charge in [0.15, 0.2) is 0 Å². The standard InChI is InChI=1S/C15H14N4O6/c1-17(2)10-5-3-9(4-6-10)16-14-12(15(20)21)7-11(18(22)23)8-13(14)19(24)25/h3-8,16H,1-2H3,(H,20,21). The molecule has 0 radical (unpaired) electrons. The van der Waals surface area contributed by atoms with Crippen molar-refractivity contribution < 1.29 is 19.7 Å². The zero-order valence-corrected chi connectivity index (χ0v) is 13.3. The number of anilines is 3. The van der Waals surface area contributed by atoms with E-state index >= 15 is 0 Å². The predicted molar refractivity (Wildman–Crippen MR) is 90.8 cm³/mol. The SMILES string of the molecule is CN(C)c1ccc(Nc2c(C(=O)O)cc([N+](=O)[O-])cc2[N+](=O)[O-])cc1. The number of rotatable bonds is 6. The highest BCUT2D eigenvalue weighted by Gasteiger charge is 2.27. The Kier molecular flexibility index (Phi) is 4.82. The van der Waals surface area contributed by atoms with E-state index in [-0.39, 0.29) is 5.69 Å². The molecule has 0 amide bonds. The maximum Gasteiger partial charge on any atom is 0.338 e. The number of hydrogen-bond acceptors (Lipinski definition) is 7. The van der Waals surface area contributed by atoms with Crippen LogP contribution in [0.25, 0.3) is 0 Å². The molecular formula is C15H14N4O6. The number of carbonyl (C=O) groups is 1. The first-order valence-electron chi connectivity index (χ1n) is 6.95. The number of nitro benzene ring substituents is 2. The molecule has 0 heterocycles. The summed E-state index contributed by atoms with van der Waals surface area (Å²) in [4.78, 5) is 33.7. The molecule has 0 aromatic heterocycles. The van der Waals surface area contributed by atoms with E-state index in [0.29, 0.717) is 5.69 Å². The van der Waals surface area contributed by atoms with Gasteiger partial charge in [0.05, 0.1) is 21.5 Å². The summed E-state index contributed by atoms with van der Waals surface area (Å²) in [5.74, 6) is -1.51. The molecule has 0 unspecified atom stereocenters. The van der Waals surface area contributed by atoms with Crippen molar-refractivity contribution in [3.63, 3.8) is 0 Å². The molecule has 0 aliphatic carbocycles. The van der Waals surface area contributed by atoms with Gasteiger partial charge in [-0.05, 0) is 24.3 Å². The van der Waals surface area contributed by atoms with Crippen LogP contribution < -0.4 is 10.2 Å². The van der Waals surface area contributed by atoms with Crippen LogP contribution in [0.3, 0.4) is 0 Å². The number of non-ortho nitro benzene ring substituents is 1. The van der Waals surface area contributed by atoms with Crippen LogP contribution in [0.4, 0.5) is 28.4 Å². The van der Waals surface area contributed by atoms with Crippen LogP contribution in [0.2, 0.25) is 0 Å². The summed E-state index contributed by atoms with van der Waals surface area (Å²) < 4.78 is 0. The molecule has 2 aromatic carbocycles. The summed E-state index contributed by atoms with van der Waals surface area (Å²) in [5, 5.41) is 34.1. The Hall–Kier alpha value is -3.69. The van der Waals surface area contributed by atoms with Crippen LogP contribution >= 0.6 is 0 Å². The molecule has 2 rings (SSSR count). The zero-order chi connectivity index (χ0) is 18.7. The number of aromatic carboxylic acids is 1. The fourth-order valence-electron chi connectivity index (χ4n) is 2.15. The van der Waals surface area contributed by atoms with Crippen LogP contribution in [0, 0.1) is 20.2 Å². The Morgan fingerprint density at radius 2 is 1.68 bits per heavy atom. The van der Waals surface area contributed by atoms with Crippen molar-refractivity contribution in [3.8, 4) is 0 Å². The molecule has 0 saturated heterocycles. The van der Waals surface area contributed by atoms with Gasteiger partial charge in [0.1, 0.15) is 5.69 Å². The van der Waals surface area contributed by atoms with E-state index in [2.05, 4.69) is 5.32 Å². The van der Waals surface area contributed by atoms with Gasteiger partial charge in [-0.1, -0.05) is 0 Å². The van der Waals surface area contributed by atoms with Gasteiger partial charge in [0.25, 0.3) is 11.4 Å². The van der Waals surface area contributed by atoms with Gasteiger partial charge in [0, 0.05) is 31.5 Å². The van der Waals surface area contributed by atoms with E-state index < -0.39 is 32.8 Å². The van der Waals surface area contributed by atoms with Gasteiger partial charge in [-0.25, -0.2) is 4.79 Å². The lowest BCUT2D eigenvalue weighted by molar-refractivity contribution is -0.393. The number of benzene rings is 2. The largest absolute Gasteiger partial charge is 0.478 e. The maximum atomic E-state index is 11.4. The molecule has 2 N–H and O–H groups in total. The van der Waals surface area contributed by atoms with E-state index in [1.54, 1.807) is 24.3 Å². The van der Waals surface area contributed by atoms with Crippen LogP contribution in [0.5, 0.6) is 0 Å². The highest BCUT2D eigenvalue weighted by atomic mass is 16.6. The number of nitrogens with zero attached hydrogens (tertiary/aromatic N) is 3. The molecule has 0 spiro atoms. The molecule has 130 valence electrons. The molecule has 10 nitrogen and oxygen atoms in total. The van der Waals surface area contributed by atoms with Crippen molar-refractivity contribution in [1.82, 2.24) is 0 Å². The second kappa shape index (κ2) is 6.83. The van der Waals surface area contributed by atoms with E-state index in [9.17, 15) is 30.1 Å². The Morgan fingerprint density at radius 1 is 1.08 bits per heavy atom. The highest BCUT2D eigenvalue weighted by molar-refractivity contribution is 5.99. The molecule has 10 heteroatoms. The molecule has 0 fully saturated rings. The van der Waals surface area contributed by atoms with Crippen molar-refractivity contribution in [2.75, 3.05) is 24.3 Å². The average Bonchev–Trinajstić information content (AvgIpc) is 2.54. The first kappa shape index (κ1) is 17.7. The van der Waals surface area contributed by atoms with Crippen LogP contribution in [-0.4, -0.2) is 35.0 Å². The molecule has 0 aliphatic rings. The van der Waals surface area contributed by atoms with Crippen LogP contribution in [0.1, 0.15) is 10.4 Å². The third-order valence-electron chi connectivity index (χ3n) is 3.39. The molecule has 0 aliphatic heterocycles. The van der Waals surface area contributed by atoms with E-state index in [1.807, 2.05) is 19.0 Å². The lowest BCUT2D eigenvalue weighted by Gasteiger charge is -2.14. The fourth-order valence-corrected chi connectivity index (χ4v) is 2.15. The third kappa shape index (κ3) is 3.80. The van der Waals surface area contributed by atoms with Crippen molar-refractivity contribution in [1.29, 1.82) is 0 Å². The Labute approximate surface area is 141 Å². The molecule has 0 bridgehead atoms. The number of nitro groups is 2. The summed E-state index contributed by atoms with van der Waals surface area (Å²) in [6, 6.07) is 8.22. The number of carboxylic acids is 1. The zero-order valence-electron chi connectivity index (χ0n) is 13.3. The van der Waals surface area contributed by atoms with Gasteiger partial charge >= 0.3 is 5.97 Å². The quantitative estimate of drug-likeness (QED) is 0.601. The minimum atomic E-state index is -1.51. The van der Waals surface area contributed by atoms with Crippen LogP contribution in [-0.2, 0) is 0 Å². The normalized spacial score (nSPS) is 10.2. The lowest BCUT2D eigenvalue weighted by atomic mass is 10.1. The molecular weight excluding hydrogens is 332 g/mol. The molecule has 0 saturated carbocycles. The van der Waals surface area contributed by atoms with Crippen molar-refractivity contribution in [2.24, 2.45) is 0 Å². The first-order chi connectivity index (χ1) is 11.7. The Bertz CT molecular complexity index is 813. The summed E-state index contributed by atoms with van der Waals surface area (Å²) in [6.45, 7) is 0. The Morgan fingerprint density at radius 3 is 2.12 bits per heavy atom. The van der Waals surface area contributed by atoms with E-state index in [4.69, 9.17) is 0 Å². The second-order valence-electron chi connectivity index (χ2n) is 5.27. The van der Waals surface area contributed by atoms with Gasteiger partial charge in [-0.2, -0.15) is 0 Å². The monoisotopic (exact) mass is 346 g/mol. The highest BCUT2D eigenvalue weighted by Crippen LogP contribution is 2.35. The molecule has 0 atom stereocenters. The van der Waals surface area contributed by atoms with Gasteiger partial charge in [-0.15, -0.1) is 0 Å². The minimum Gasteiger partial charge on any atom is -0.478 e. The van der Waals surface area contributed by atoms with Crippen molar-refractivity contribution in [3.05, 3.63) is 62.2 Å². The van der Waals surface area contributed by atoms with Gasteiger partial charge in [-0.3, -0.25) is 20.2 Å². The smallest absolute Gasteiger partial charge is 0.338 e.